The molecule has 0 radical (unpaired) electrons. The molecule has 0 unspecified atom stereocenters. The van der Waals surface area contributed by atoms with Crippen molar-refractivity contribution in [2.75, 3.05) is 11.1 Å². The third-order valence-corrected chi connectivity index (χ3v) is 3.59. The SMILES string of the molecule is NC(=S)Nc1ccc(SCCc2ccccn2)cc1. The van der Waals surface area contributed by atoms with E-state index in [4.69, 9.17) is 18.0 Å². The Morgan fingerprint density at radius 3 is 2.63 bits per heavy atom. The summed E-state index contributed by atoms with van der Waals surface area (Å²) in [5, 5.41) is 3.19. The first-order valence-corrected chi connectivity index (χ1v) is 7.32. The predicted octanol–water partition coefficient (Wildman–Crippen LogP) is 3.07. The first-order valence-electron chi connectivity index (χ1n) is 5.93. The Bertz CT molecular complexity index is 526. The lowest BCUT2D eigenvalue weighted by molar-refractivity contribution is 1.05. The van der Waals surface area contributed by atoms with Gasteiger partial charge in [0.25, 0.3) is 0 Å². The van der Waals surface area contributed by atoms with Crippen LogP contribution in [0, 0.1) is 0 Å². The van der Waals surface area contributed by atoms with E-state index in [9.17, 15) is 0 Å². The van der Waals surface area contributed by atoms with Gasteiger partial charge in [-0.25, -0.2) is 0 Å². The number of aryl methyl sites for hydroxylation is 1. The third kappa shape index (κ3) is 4.89. The Labute approximate surface area is 122 Å². The minimum atomic E-state index is 0.288. The second kappa shape index (κ2) is 7.11. The number of thiocarbonyl (C=S) groups is 1. The quantitative estimate of drug-likeness (QED) is 0.654. The highest BCUT2D eigenvalue weighted by Gasteiger charge is 1.98. The number of nitrogens with zero attached hydrogens (tertiary/aromatic N) is 1. The highest BCUT2D eigenvalue weighted by Crippen LogP contribution is 2.21. The number of anilines is 1. The van der Waals surface area contributed by atoms with E-state index in [-0.39, 0.29) is 5.11 Å². The van der Waals surface area contributed by atoms with Gasteiger partial charge < -0.3 is 11.1 Å². The van der Waals surface area contributed by atoms with Crippen molar-refractivity contribution in [2.24, 2.45) is 5.73 Å². The topological polar surface area (TPSA) is 50.9 Å². The van der Waals surface area contributed by atoms with Gasteiger partial charge in [-0.1, -0.05) is 6.07 Å². The minimum Gasteiger partial charge on any atom is -0.376 e. The molecular weight excluding hydrogens is 274 g/mol. The summed E-state index contributed by atoms with van der Waals surface area (Å²) in [6, 6.07) is 14.1. The number of thioether (sulfide) groups is 1. The lowest BCUT2D eigenvalue weighted by atomic mass is 10.3. The number of rotatable bonds is 5. The zero-order valence-corrected chi connectivity index (χ0v) is 12.0. The summed E-state index contributed by atoms with van der Waals surface area (Å²) in [5.41, 5.74) is 7.46. The minimum absolute atomic E-state index is 0.288. The van der Waals surface area contributed by atoms with Gasteiger partial charge in [-0.15, -0.1) is 11.8 Å². The maximum atomic E-state index is 5.42. The van der Waals surface area contributed by atoms with Crippen molar-refractivity contribution in [3.63, 3.8) is 0 Å². The highest BCUT2D eigenvalue weighted by molar-refractivity contribution is 7.99. The van der Waals surface area contributed by atoms with Crippen LogP contribution < -0.4 is 11.1 Å². The van der Waals surface area contributed by atoms with E-state index in [1.54, 1.807) is 0 Å². The van der Waals surface area contributed by atoms with Crippen LogP contribution in [0.25, 0.3) is 0 Å². The van der Waals surface area contributed by atoms with Crippen molar-refractivity contribution in [1.29, 1.82) is 0 Å². The Balaban J connectivity index is 1.81. The number of pyridine rings is 1. The van der Waals surface area contributed by atoms with Crippen LogP contribution in [0.3, 0.4) is 0 Å². The first kappa shape index (κ1) is 13.8. The van der Waals surface area contributed by atoms with Crippen LogP contribution in [0.15, 0.2) is 53.6 Å². The Kier molecular flexibility index (Phi) is 5.18. The molecule has 0 aliphatic carbocycles. The molecule has 0 amide bonds. The molecule has 3 nitrogen and oxygen atoms in total. The maximum absolute atomic E-state index is 5.42. The summed E-state index contributed by atoms with van der Waals surface area (Å²) in [4.78, 5) is 5.53. The van der Waals surface area contributed by atoms with Gasteiger partial charge in [0.05, 0.1) is 0 Å². The molecule has 5 heteroatoms. The summed E-state index contributed by atoms with van der Waals surface area (Å²) in [6.07, 6.45) is 2.80. The molecule has 0 atom stereocenters. The molecule has 0 saturated heterocycles. The molecule has 2 aromatic rings. The molecular formula is C14H15N3S2. The number of hydrogen-bond donors (Lipinski definition) is 2. The lowest BCUT2D eigenvalue weighted by Crippen LogP contribution is -2.18. The van der Waals surface area contributed by atoms with Crippen LogP contribution in [-0.4, -0.2) is 15.8 Å². The molecule has 0 bridgehead atoms. The summed E-state index contributed by atoms with van der Waals surface area (Å²) in [5.74, 6) is 1.01. The van der Waals surface area contributed by atoms with Crippen molar-refractivity contribution in [3.8, 4) is 0 Å². The number of aromatic nitrogens is 1. The number of nitrogens with two attached hydrogens (primary N) is 1. The van der Waals surface area contributed by atoms with Gasteiger partial charge in [0, 0.05) is 28.2 Å². The fourth-order valence-electron chi connectivity index (χ4n) is 1.60. The standard InChI is InChI=1S/C14H15N3S2/c15-14(18)17-12-4-6-13(7-5-12)19-10-8-11-3-1-2-9-16-11/h1-7,9H,8,10H2,(H3,15,17,18). The highest BCUT2D eigenvalue weighted by atomic mass is 32.2. The molecule has 1 heterocycles. The molecule has 1 aromatic heterocycles. The van der Waals surface area contributed by atoms with E-state index >= 15 is 0 Å². The molecule has 0 spiro atoms. The van der Waals surface area contributed by atoms with Gasteiger partial charge >= 0.3 is 0 Å². The van der Waals surface area contributed by atoms with Crippen molar-refractivity contribution in [3.05, 3.63) is 54.4 Å². The number of nitrogens with one attached hydrogen (secondary N) is 1. The van der Waals surface area contributed by atoms with Crippen molar-refractivity contribution in [1.82, 2.24) is 4.98 Å². The molecule has 2 rings (SSSR count). The molecule has 98 valence electrons. The largest absolute Gasteiger partial charge is 0.376 e. The Morgan fingerprint density at radius 1 is 1.21 bits per heavy atom. The second-order valence-electron chi connectivity index (χ2n) is 3.93. The molecule has 0 saturated carbocycles. The van der Waals surface area contributed by atoms with Crippen LogP contribution >= 0.6 is 24.0 Å². The van der Waals surface area contributed by atoms with Gasteiger partial charge in [0.15, 0.2) is 5.11 Å². The van der Waals surface area contributed by atoms with Crippen molar-refractivity contribution >= 4 is 34.8 Å². The average Bonchev–Trinajstić information content (AvgIpc) is 2.41. The van der Waals surface area contributed by atoms with Crippen molar-refractivity contribution in [2.45, 2.75) is 11.3 Å². The van der Waals surface area contributed by atoms with E-state index < -0.39 is 0 Å². The van der Waals surface area contributed by atoms with Crippen LogP contribution in [0.5, 0.6) is 0 Å². The summed E-state index contributed by atoms with van der Waals surface area (Å²) in [7, 11) is 0. The zero-order chi connectivity index (χ0) is 13.5. The van der Waals surface area contributed by atoms with Crippen LogP contribution in [-0.2, 0) is 6.42 Å². The second-order valence-corrected chi connectivity index (χ2v) is 5.54. The van der Waals surface area contributed by atoms with Gasteiger partial charge in [-0.3, -0.25) is 4.98 Å². The van der Waals surface area contributed by atoms with E-state index in [2.05, 4.69) is 28.5 Å². The van der Waals surface area contributed by atoms with Crippen LogP contribution in [0.1, 0.15) is 5.69 Å². The smallest absolute Gasteiger partial charge is 0.168 e. The molecule has 1 aromatic carbocycles. The van der Waals surface area contributed by atoms with E-state index in [0.717, 1.165) is 23.6 Å². The first-order chi connectivity index (χ1) is 9.24. The predicted molar refractivity (Wildman–Crippen MR) is 85.5 cm³/mol. The summed E-state index contributed by atoms with van der Waals surface area (Å²) >= 11 is 6.60. The molecule has 0 aliphatic rings. The van der Waals surface area contributed by atoms with Crippen LogP contribution in [0.4, 0.5) is 5.69 Å². The fraction of sp³-hybridized carbons (Fsp3) is 0.143. The van der Waals surface area contributed by atoms with E-state index in [1.165, 1.54) is 4.90 Å². The van der Waals surface area contributed by atoms with E-state index in [1.807, 2.05) is 42.2 Å². The van der Waals surface area contributed by atoms with Gasteiger partial charge in [0.2, 0.25) is 0 Å². The summed E-state index contributed by atoms with van der Waals surface area (Å²) in [6.45, 7) is 0. The zero-order valence-electron chi connectivity index (χ0n) is 10.4. The maximum Gasteiger partial charge on any atom is 0.168 e. The lowest BCUT2D eigenvalue weighted by Gasteiger charge is -2.05. The van der Waals surface area contributed by atoms with Crippen LogP contribution in [0.2, 0.25) is 0 Å². The molecule has 0 aliphatic heterocycles. The van der Waals surface area contributed by atoms with E-state index in [0.29, 0.717) is 0 Å². The Morgan fingerprint density at radius 2 is 2.00 bits per heavy atom. The Hall–Kier alpha value is -1.59. The summed E-state index contributed by atoms with van der Waals surface area (Å²) < 4.78 is 0. The normalized spacial score (nSPS) is 10.1. The van der Waals surface area contributed by atoms with Gasteiger partial charge in [0.1, 0.15) is 0 Å². The number of benzene rings is 1. The van der Waals surface area contributed by atoms with Gasteiger partial charge in [-0.05, 0) is 55.0 Å². The average molecular weight is 289 g/mol. The molecule has 19 heavy (non-hydrogen) atoms. The number of hydrogen-bond acceptors (Lipinski definition) is 3. The van der Waals surface area contributed by atoms with Crippen molar-refractivity contribution < 1.29 is 0 Å². The molecule has 3 N–H and O–H groups in total. The third-order valence-electron chi connectivity index (χ3n) is 2.47. The fourth-order valence-corrected chi connectivity index (χ4v) is 2.59. The van der Waals surface area contributed by atoms with Gasteiger partial charge in [-0.2, -0.15) is 0 Å². The monoisotopic (exact) mass is 289 g/mol. The molecule has 0 fully saturated rings.